The molecular weight excluding hydrogens is 489 g/mol. The van der Waals surface area contributed by atoms with Crippen molar-refractivity contribution in [3.8, 4) is 0 Å². The fourth-order valence-corrected chi connectivity index (χ4v) is 4.30. The topological polar surface area (TPSA) is 63.5 Å². The minimum Gasteiger partial charge on any atom is -0.377 e. The number of hydrogen-bond donors (Lipinski definition) is 2. The lowest BCUT2D eigenvalue weighted by molar-refractivity contribution is -0.0823. The van der Waals surface area contributed by atoms with E-state index in [1.807, 2.05) is 6.07 Å². The van der Waals surface area contributed by atoms with E-state index in [9.17, 15) is 0 Å². The van der Waals surface area contributed by atoms with Gasteiger partial charge < -0.3 is 19.9 Å². The maximum absolute atomic E-state index is 6.11. The van der Waals surface area contributed by atoms with E-state index in [4.69, 9.17) is 9.73 Å². The summed E-state index contributed by atoms with van der Waals surface area (Å²) in [6.07, 6.45) is 2.58. The number of hydrogen-bond acceptors (Lipinski definition) is 3. The zero-order valence-corrected chi connectivity index (χ0v) is 21.4. The quantitative estimate of drug-likeness (QED) is 0.333. The highest BCUT2D eigenvalue weighted by Gasteiger charge is 2.35. The van der Waals surface area contributed by atoms with Crippen molar-refractivity contribution in [2.45, 2.75) is 60.1 Å². The predicted octanol–water partition coefficient (Wildman–Crippen LogP) is 4.36. The van der Waals surface area contributed by atoms with Gasteiger partial charge in [0.25, 0.3) is 0 Å². The molecule has 1 saturated heterocycles. The molecule has 1 aromatic heterocycles. The summed E-state index contributed by atoms with van der Waals surface area (Å²) < 4.78 is 8.37. The number of aryl methyl sites for hydroxylation is 1. The van der Waals surface area contributed by atoms with E-state index in [2.05, 4.69) is 73.0 Å². The Hall–Kier alpha value is -1.35. The first-order valence-electron chi connectivity index (χ1n) is 11.0. The third-order valence-electron chi connectivity index (χ3n) is 5.60. The molecule has 0 radical (unpaired) electrons. The summed E-state index contributed by atoms with van der Waals surface area (Å²) in [7, 11) is 0. The summed E-state index contributed by atoms with van der Waals surface area (Å²) in [6, 6.07) is 8.30. The minimum atomic E-state index is 0. The van der Waals surface area contributed by atoms with Crippen molar-refractivity contribution < 1.29 is 4.74 Å². The molecule has 1 aromatic carbocycles. The van der Waals surface area contributed by atoms with Gasteiger partial charge in [-0.1, -0.05) is 32.9 Å². The molecule has 2 N–H and O–H groups in total. The van der Waals surface area contributed by atoms with Gasteiger partial charge in [-0.15, -0.1) is 24.0 Å². The van der Waals surface area contributed by atoms with E-state index in [1.165, 1.54) is 11.9 Å². The third kappa shape index (κ3) is 6.33. The number of benzene rings is 1. The summed E-state index contributed by atoms with van der Waals surface area (Å²) in [6.45, 7) is 15.1. The van der Waals surface area contributed by atoms with Crippen LogP contribution in [0.15, 0.2) is 29.3 Å². The largest absolute Gasteiger partial charge is 0.377 e. The number of aromatic nitrogens is 2. The van der Waals surface area contributed by atoms with Gasteiger partial charge in [-0.05, 0) is 44.2 Å². The van der Waals surface area contributed by atoms with Gasteiger partial charge >= 0.3 is 0 Å². The Labute approximate surface area is 198 Å². The number of ether oxygens (including phenoxy) is 1. The number of aliphatic imine (C=N–C) groups is 1. The number of guanidine groups is 1. The molecule has 30 heavy (non-hydrogen) atoms. The Morgan fingerprint density at radius 2 is 2.03 bits per heavy atom. The Bertz CT molecular complexity index is 827. The molecule has 168 valence electrons. The maximum Gasteiger partial charge on any atom is 0.191 e. The summed E-state index contributed by atoms with van der Waals surface area (Å²) in [4.78, 5) is 9.55. The number of rotatable bonds is 6. The van der Waals surface area contributed by atoms with E-state index in [-0.39, 0.29) is 35.5 Å². The summed E-state index contributed by atoms with van der Waals surface area (Å²) in [5.74, 6) is 2.40. The Morgan fingerprint density at radius 1 is 1.27 bits per heavy atom. The van der Waals surface area contributed by atoms with Gasteiger partial charge in [-0.3, -0.25) is 4.99 Å². The van der Waals surface area contributed by atoms with Crippen LogP contribution < -0.4 is 10.6 Å². The predicted molar refractivity (Wildman–Crippen MR) is 136 cm³/mol. The lowest BCUT2D eigenvalue weighted by Gasteiger charge is -2.39. The maximum atomic E-state index is 6.11. The average Bonchev–Trinajstić information content (AvgIpc) is 3.01. The molecule has 0 aliphatic carbocycles. The van der Waals surface area contributed by atoms with Crippen LogP contribution in [0.4, 0.5) is 0 Å². The van der Waals surface area contributed by atoms with Crippen LogP contribution in [0.3, 0.4) is 0 Å². The zero-order chi connectivity index (χ0) is 20.9. The Kier molecular flexibility index (Phi) is 9.40. The molecule has 3 rings (SSSR count). The van der Waals surface area contributed by atoms with Gasteiger partial charge in [0.15, 0.2) is 5.96 Å². The van der Waals surface area contributed by atoms with Crippen LogP contribution in [0.2, 0.25) is 0 Å². The number of nitrogens with zero attached hydrogens (tertiary/aromatic N) is 3. The van der Waals surface area contributed by atoms with Crippen molar-refractivity contribution in [1.82, 2.24) is 20.2 Å². The van der Waals surface area contributed by atoms with Crippen LogP contribution in [-0.2, 0) is 11.3 Å². The number of para-hydroxylation sites is 2. The van der Waals surface area contributed by atoms with Gasteiger partial charge in [-0.2, -0.15) is 0 Å². The van der Waals surface area contributed by atoms with Crippen molar-refractivity contribution in [3.63, 3.8) is 0 Å². The lowest BCUT2D eigenvalue weighted by atomic mass is 9.78. The Balaban J connectivity index is 0.00000320. The normalized spacial score (nSPS) is 20.1. The second-order valence-corrected chi connectivity index (χ2v) is 9.01. The van der Waals surface area contributed by atoms with E-state index in [0.717, 1.165) is 56.5 Å². The SMILES string of the molecule is CCNC(=NCC1CCCOC1C(C)(C)C)NCCn1c(C)nc2ccccc21.I. The second-order valence-electron chi connectivity index (χ2n) is 9.01. The molecule has 1 aliphatic rings. The van der Waals surface area contributed by atoms with Crippen LogP contribution in [-0.4, -0.2) is 47.9 Å². The smallest absolute Gasteiger partial charge is 0.191 e. The molecule has 2 unspecified atom stereocenters. The van der Waals surface area contributed by atoms with Crippen LogP contribution in [0.1, 0.15) is 46.4 Å². The molecule has 2 aromatic rings. The fraction of sp³-hybridized carbons (Fsp3) is 0.652. The van der Waals surface area contributed by atoms with E-state index in [1.54, 1.807) is 0 Å². The first-order chi connectivity index (χ1) is 13.9. The first-order valence-corrected chi connectivity index (χ1v) is 11.0. The van der Waals surface area contributed by atoms with Crippen molar-refractivity contribution >= 4 is 41.0 Å². The zero-order valence-electron chi connectivity index (χ0n) is 19.1. The van der Waals surface area contributed by atoms with Gasteiger partial charge in [-0.25, -0.2) is 4.98 Å². The van der Waals surface area contributed by atoms with Crippen LogP contribution >= 0.6 is 24.0 Å². The van der Waals surface area contributed by atoms with Crippen molar-refractivity contribution in [2.75, 3.05) is 26.2 Å². The number of halogens is 1. The summed E-state index contributed by atoms with van der Waals surface area (Å²) in [5.41, 5.74) is 2.38. The Morgan fingerprint density at radius 3 is 2.77 bits per heavy atom. The molecule has 2 heterocycles. The molecule has 0 spiro atoms. The van der Waals surface area contributed by atoms with E-state index >= 15 is 0 Å². The summed E-state index contributed by atoms with van der Waals surface area (Å²) >= 11 is 0. The number of fused-ring (bicyclic) bond motifs is 1. The molecule has 1 aliphatic heterocycles. The van der Waals surface area contributed by atoms with E-state index in [0.29, 0.717) is 5.92 Å². The van der Waals surface area contributed by atoms with Crippen LogP contribution in [0, 0.1) is 18.3 Å². The fourth-order valence-electron chi connectivity index (χ4n) is 4.30. The molecule has 0 amide bonds. The molecule has 1 fully saturated rings. The molecule has 0 saturated carbocycles. The molecule has 0 bridgehead atoms. The third-order valence-corrected chi connectivity index (χ3v) is 5.60. The first kappa shape index (κ1) is 24.9. The lowest BCUT2D eigenvalue weighted by Crippen LogP contribution is -2.43. The standard InChI is InChI=1S/C23H37N5O.HI/c1-6-24-22(26-16-18-10-9-15-29-21(18)23(3,4)5)25-13-14-28-17(2)27-19-11-7-8-12-20(19)28;/h7-8,11-12,18,21H,6,9-10,13-16H2,1-5H3,(H2,24,25,26);1H. The van der Waals surface area contributed by atoms with E-state index < -0.39 is 0 Å². The van der Waals surface area contributed by atoms with Gasteiger partial charge in [0.05, 0.1) is 17.1 Å². The number of nitrogens with one attached hydrogen (secondary N) is 2. The average molecular weight is 527 g/mol. The highest BCUT2D eigenvalue weighted by molar-refractivity contribution is 14.0. The van der Waals surface area contributed by atoms with Crippen molar-refractivity contribution in [2.24, 2.45) is 16.3 Å². The van der Waals surface area contributed by atoms with Crippen molar-refractivity contribution in [1.29, 1.82) is 0 Å². The summed E-state index contributed by atoms with van der Waals surface area (Å²) in [5, 5.41) is 6.87. The highest BCUT2D eigenvalue weighted by atomic mass is 127. The second kappa shape index (κ2) is 11.3. The van der Waals surface area contributed by atoms with Crippen LogP contribution in [0.25, 0.3) is 11.0 Å². The highest BCUT2D eigenvalue weighted by Crippen LogP contribution is 2.34. The van der Waals surface area contributed by atoms with Gasteiger partial charge in [0, 0.05) is 38.7 Å². The van der Waals surface area contributed by atoms with Crippen LogP contribution in [0.5, 0.6) is 0 Å². The molecule has 6 nitrogen and oxygen atoms in total. The molecule has 7 heteroatoms. The van der Waals surface area contributed by atoms with Gasteiger partial charge in [0.2, 0.25) is 0 Å². The molecular formula is C23H38IN5O. The number of imidazole rings is 1. The van der Waals surface area contributed by atoms with Crippen molar-refractivity contribution in [3.05, 3.63) is 30.1 Å². The monoisotopic (exact) mass is 527 g/mol. The molecule has 2 atom stereocenters. The van der Waals surface area contributed by atoms with Gasteiger partial charge in [0.1, 0.15) is 5.82 Å². The minimum absolute atomic E-state index is 0.